The van der Waals surface area contributed by atoms with Crippen LogP contribution in [0.2, 0.25) is 0 Å². The van der Waals surface area contributed by atoms with Gasteiger partial charge in [-0.15, -0.1) is 11.3 Å². The van der Waals surface area contributed by atoms with Gasteiger partial charge in [0.15, 0.2) is 0 Å². The molecular weight excluding hydrogens is 432 g/mol. The minimum atomic E-state index is -3.73. The molecule has 1 fully saturated rings. The molecule has 2 heterocycles. The first-order valence-electron chi connectivity index (χ1n) is 9.92. The summed E-state index contributed by atoms with van der Waals surface area (Å²) in [4.78, 5) is 27.6. The van der Waals surface area contributed by atoms with Crippen molar-refractivity contribution in [3.05, 3.63) is 88.1 Å². The Bertz CT molecular complexity index is 1170. The Hall–Kier alpha value is -2.81. The van der Waals surface area contributed by atoms with Gasteiger partial charge in [-0.3, -0.25) is 9.59 Å². The van der Waals surface area contributed by atoms with Crippen LogP contribution in [0.25, 0.3) is 0 Å². The van der Waals surface area contributed by atoms with E-state index in [4.69, 9.17) is 0 Å². The van der Waals surface area contributed by atoms with Crippen LogP contribution in [-0.4, -0.2) is 55.0 Å². The molecular formula is C23H22N2O4S2. The number of sulfonamides is 1. The molecule has 1 aliphatic rings. The fourth-order valence-corrected chi connectivity index (χ4v) is 6.01. The van der Waals surface area contributed by atoms with Crippen LogP contribution in [0.3, 0.4) is 0 Å². The molecule has 8 heteroatoms. The maximum Gasteiger partial charge on any atom is 0.253 e. The minimum absolute atomic E-state index is 0.0964. The number of thiophene rings is 1. The molecule has 0 bridgehead atoms. The molecule has 3 aromatic rings. The van der Waals surface area contributed by atoms with E-state index in [0.717, 1.165) is 0 Å². The highest BCUT2D eigenvalue weighted by atomic mass is 32.2. The number of carbonyl (C=O) groups excluding carboxylic acids is 2. The van der Waals surface area contributed by atoms with E-state index in [1.54, 1.807) is 48.2 Å². The summed E-state index contributed by atoms with van der Waals surface area (Å²) in [7, 11) is -3.73. The maximum absolute atomic E-state index is 13.2. The molecule has 0 aliphatic carbocycles. The van der Waals surface area contributed by atoms with Gasteiger partial charge in [-0.2, -0.15) is 4.31 Å². The van der Waals surface area contributed by atoms with Gasteiger partial charge in [-0.1, -0.05) is 24.3 Å². The number of ketones is 1. The van der Waals surface area contributed by atoms with Crippen molar-refractivity contribution in [2.75, 3.05) is 19.6 Å². The second-order valence-electron chi connectivity index (χ2n) is 7.41. The lowest BCUT2D eigenvalue weighted by atomic mass is 10.1. The number of amides is 1. The molecule has 1 aromatic heterocycles. The Morgan fingerprint density at radius 3 is 2.23 bits per heavy atom. The third kappa shape index (κ3) is 4.32. The van der Waals surface area contributed by atoms with Gasteiger partial charge in [-0.05, 0) is 54.8 Å². The maximum atomic E-state index is 13.2. The molecule has 1 unspecified atom stereocenters. The van der Waals surface area contributed by atoms with Crippen molar-refractivity contribution in [2.24, 2.45) is 0 Å². The zero-order valence-corrected chi connectivity index (χ0v) is 18.6. The molecule has 6 nitrogen and oxygen atoms in total. The van der Waals surface area contributed by atoms with Gasteiger partial charge in [-0.25, -0.2) is 8.42 Å². The lowest BCUT2D eigenvalue weighted by Gasteiger charge is -2.39. The van der Waals surface area contributed by atoms with Crippen LogP contribution >= 0.6 is 11.3 Å². The van der Waals surface area contributed by atoms with Crippen LogP contribution in [0, 0.1) is 0 Å². The topological polar surface area (TPSA) is 74.8 Å². The van der Waals surface area contributed by atoms with Gasteiger partial charge >= 0.3 is 0 Å². The summed E-state index contributed by atoms with van der Waals surface area (Å²) in [5.74, 6) is -0.221. The van der Waals surface area contributed by atoms with E-state index in [9.17, 15) is 18.0 Å². The number of benzene rings is 2. The van der Waals surface area contributed by atoms with Gasteiger partial charge in [0.25, 0.3) is 5.91 Å². The summed E-state index contributed by atoms with van der Waals surface area (Å²) in [6, 6.07) is 18.2. The molecule has 2 aromatic carbocycles. The van der Waals surface area contributed by atoms with E-state index in [0.29, 0.717) is 29.1 Å². The van der Waals surface area contributed by atoms with Crippen molar-refractivity contribution in [3.63, 3.8) is 0 Å². The smallest absolute Gasteiger partial charge is 0.253 e. The largest absolute Gasteiger partial charge is 0.336 e. The Kier molecular flexibility index (Phi) is 6.04. The quantitative estimate of drug-likeness (QED) is 0.553. The number of piperazine rings is 1. The molecule has 1 saturated heterocycles. The molecule has 4 rings (SSSR count). The number of hydrogen-bond donors (Lipinski definition) is 0. The summed E-state index contributed by atoms with van der Waals surface area (Å²) in [5.41, 5.74) is 1.05. The van der Waals surface area contributed by atoms with Crippen LogP contribution in [-0.2, 0) is 10.0 Å². The average Bonchev–Trinajstić information content (AvgIpc) is 3.33. The average molecular weight is 455 g/mol. The van der Waals surface area contributed by atoms with E-state index in [1.165, 1.54) is 27.8 Å². The zero-order chi connectivity index (χ0) is 22.0. The Labute approximate surface area is 185 Å². The molecule has 1 aliphatic heterocycles. The van der Waals surface area contributed by atoms with Gasteiger partial charge in [0.1, 0.15) is 0 Å². The Morgan fingerprint density at radius 1 is 0.903 bits per heavy atom. The predicted molar refractivity (Wildman–Crippen MR) is 120 cm³/mol. The summed E-state index contributed by atoms with van der Waals surface area (Å²) < 4.78 is 27.8. The van der Waals surface area contributed by atoms with E-state index >= 15 is 0 Å². The first-order valence-corrected chi connectivity index (χ1v) is 12.2. The lowest BCUT2D eigenvalue weighted by Crippen LogP contribution is -2.55. The van der Waals surface area contributed by atoms with Gasteiger partial charge < -0.3 is 4.90 Å². The summed E-state index contributed by atoms with van der Waals surface area (Å²) in [5, 5.41) is 1.83. The van der Waals surface area contributed by atoms with Crippen LogP contribution in [0.15, 0.2) is 77.0 Å². The highest BCUT2D eigenvalue weighted by molar-refractivity contribution is 7.89. The molecule has 0 N–H and O–H groups in total. The Morgan fingerprint density at radius 2 is 1.61 bits per heavy atom. The molecule has 0 radical (unpaired) electrons. The van der Waals surface area contributed by atoms with Crippen molar-refractivity contribution in [1.82, 2.24) is 9.21 Å². The molecule has 31 heavy (non-hydrogen) atoms. The van der Waals surface area contributed by atoms with Crippen LogP contribution in [0.4, 0.5) is 0 Å². The van der Waals surface area contributed by atoms with Crippen LogP contribution in [0.5, 0.6) is 0 Å². The van der Waals surface area contributed by atoms with E-state index < -0.39 is 10.0 Å². The molecule has 0 saturated carbocycles. The van der Waals surface area contributed by atoms with Crippen molar-refractivity contribution < 1.29 is 18.0 Å². The summed E-state index contributed by atoms with van der Waals surface area (Å²) in [6.07, 6.45) is 0. The van der Waals surface area contributed by atoms with Crippen molar-refractivity contribution in [1.29, 1.82) is 0 Å². The standard InChI is InChI=1S/C23H22N2O4S2/c1-17-16-24(23(27)19-6-3-2-4-7-19)13-14-25(17)31(28,29)20-11-9-18(10-12-20)22(26)21-8-5-15-30-21/h2-12,15,17H,13-14,16H2,1H3. The lowest BCUT2D eigenvalue weighted by molar-refractivity contribution is 0.0642. The fraction of sp³-hybridized carbons (Fsp3) is 0.217. The Balaban J connectivity index is 1.48. The van der Waals surface area contributed by atoms with Crippen LogP contribution in [0.1, 0.15) is 32.5 Å². The van der Waals surface area contributed by atoms with Crippen molar-refractivity contribution in [3.8, 4) is 0 Å². The summed E-state index contributed by atoms with van der Waals surface area (Å²) in [6.45, 7) is 2.67. The van der Waals surface area contributed by atoms with E-state index in [-0.39, 0.29) is 29.2 Å². The van der Waals surface area contributed by atoms with E-state index in [2.05, 4.69) is 0 Å². The second kappa shape index (κ2) is 8.74. The fourth-order valence-electron chi connectivity index (χ4n) is 3.71. The normalized spacial score (nSPS) is 17.5. The number of nitrogens with zero attached hydrogens (tertiary/aromatic N) is 2. The molecule has 1 amide bonds. The molecule has 160 valence electrons. The number of rotatable bonds is 5. The number of carbonyl (C=O) groups is 2. The highest BCUT2D eigenvalue weighted by Gasteiger charge is 2.35. The van der Waals surface area contributed by atoms with E-state index in [1.807, 2.05) is 23.6 Å². The highest BCUT2D eigenvalue weighted by Crippen LogP contribution is 2.24. The first-order chi connectivity index (χ1) is 14.9. The predicted octanol–water partition coefficient (Wildman–Crippen LogP) is 3.51. The van der Waals surface area contributed by atoms with Gasteiger partial charge in [0.2, 0.25) is 15.8 Å². The minimum Gasteiger partial charge on any atom is -0.336 e. The zero-order valence-electron chi connectivity index (χ0n) is 17.0. The van der Waals surface area contributed by atoms with Gasteiger partial charge in [0.05, 0.1) is 9.77 Å². The summed E-state index contributed by atoms with van der Waals surface area (Å²) >= 11 is 1.35. The van der Waals surface area contributed by atoms with Crippen LogP contribution < -0.4 is 0 Å². The molecule has 1 atom stereocenters. The first kappa shape index (κ1) is 21.4. The monoisotopic (exact) mass is 454 g/mol. The SMILES string of the molecule is CC1CN(C(=O)c2ccccc2)CCN1S(=O)(=O)c1ccc(C(=O)c2cccs2)cc1. The van der Waals surface area contributed by atoms with Gasteiger partial charge in [0, 0.05) is 36.8 Å². The van der Waals surface area contributed by atoms with Crippen molar-refractivity contribution >= 4 is 33.1 Å². The number of hydrogen-bond acceptors (Lipinski definition) is 5. The second-order valence-corrected chi connectivity index (χ2v) is 10.3. The van der Waals surface area contributed by atoms with Crippen molar-refractivity contribution in [2.45, 2.75) is 17.9 Å². The molecule has 0 spiro atoms. The third-order valence-electron chi connectivity index (χ3n) is 5.34. The third-order valence-corrected chi connectivity index (χ3v) is 8.24.